The van der Waals surface area contributed by atoms with E-state index in [4.69, 9.17) is 9.47 Å². The Kier molecular flexibility index (Phi) is 4.62. The number of ether oxygens (including phenoxy) is 2. The third-order valence-corrected chi connectivity index (χ3v) is 4.86. The van der Waals surface area contributed by atoms with Gasteiger partial charge in [0, 0.05) is 18.5 Å². The zero-order valence-corrected chi connectivity index (χ0v) is 12.1. The molecule has 1 heterocycles. The lowest BCUT2D eigenvalue weighted by molar-refractivity contribution is 0.0266. The zero-order valence-electron chi connectivity index (χ0n) is 10.5. The van der Waals surface area contributed by atoms with Gasteiger partial charge in [0.25, 0.3) is 0 Å². The van der Waals surface area contributed by atoms with Crippen molar-refractivity contribution in [2.75, 3.05) is 25.7 Å². The average Bonchev–Trinajstić information content (AvgIpc) is 2.42. The Balaban J connectivity index is 2.21. The highest BCUT2D eigenvalue weighted by Gasteiger charge is 2.32. The van der Waals surface area contributed by atoms with Crippen LogP contribution in [-0.2, 0) is 11.2 Å². The van der Waals surface area contributed by atoms with Crippen molar-refractivity contribution in [1.82, 2.24) is 0 Å². The maximum absolute atomic E-state index is 14.2. The Labute approximate surface area is 116 Å². The van der Waals surface area contributed by atoms with E-state index in [9.17, 15) is 4.39 Å². The van der Waals surface area contributed by atoms with E-state index >= 15 is 0 Å². The van der Waals surface area contributed by atoms with Gasteiger partial charge in [-0.1, -0.05) is 28.1 Å². The highest BCUT2D eigenvalue weighted by molar-refractivity contribution is 9.09. The van der Waals surface area contributed by atoms with Crippen LogP contribution >= 0.6 is 15.9 Å². The zero-order chi connectivity index (χ0) is 13.0. The van der Waals surface area contributed by atoms with Gasteiger partial charge >= 0.3 is 0 Å². The van der Waals surface area contributed by atoms with Gasteiger partial charge in [0.15, 0.2) is 11.6 Å². The first kappa shape index (κ1) is 13.8. The number of methoxy groups -OCH3 is 1. The van der Waals surface area contributed by atoms with Crippen molar-refractivity contribution in [2.24, 2.45) is 5.41 Å². The second-order valence-electron chi connectivity index (χ2n) is 4.86. The summed E-state index contributed by atoms with van der Waals surface area (Å²) in [4.78, 5) is 0. The minimum atomic E-state index is -0.230. The Morgan fingerprint density at radius 1 is 1.39 bits per heavy atom. The van der Waals surface area contributed by atoms with Crippen LogP contribution in [0, 0.1) is 11.2 Å². The molecule has 1 saturated heterocycles. The molecule has 0 aromatic heterocycles. The largest absolute Gasteiger partial charge is 0.494 e. The molecule has 100 valence electrons. The van der Waals surface area contributed by atoms with E-state index in [-0.39, 0.29) is 11.2 Å². The quantitative estimate of drug-likeness (QED) is 0.791. The van der Waals surface area contributed by atoms with Crippen LogP contribution in [0.3, 0.4) is 0 Å². The first-order chi connectivity index (χ1) is 8.71. The molecule has 0 spiro atoms. The van der Waals surface area contributed by atoms with Crippen LogP contribution in [-0.4, -0.2) is 25.7 Å². The summed E-state index contributed by atoms with van der Waals surface area (Å²) >= 11 is 3.58. The second kappa shape index (κ2) is 6.02. The number of benzene rings is 1. The van der Waals surface area contributed by atoms with Crippen LogP contribution in [0.4, 0.5) is 4.39 Å². The van der Waals surface area contributed by atoms with Crippen LogP contribution < -0.4 is 4.74 Å². The number of halogens is 2. The summed E-state index contributed by atoms with van der Waals surface area (Å²) in [5.74, 6) is 0.0936. The summed E-state index contributed by atoms with van der Waals surface area (Å²) < 4.78 is 24.6. The molecule has 1 fully saturated rings. The van der Waals surface area contributed by atoms with E-state index in [0.717, 1.165) is 43.4 Å². The lowest BCUT2D eigenvalue weighted by Crippen LogP contribution is -2.33. The Hall–Kier alpha value is -0.610. The van der Waals surface area contributed by atoms with Crippen LogP contribution in [0.5, 0.6) is 5.75 Å². The molecule has 0 amide bonds. The van der Waals surface area contributed by atoms with Crippen molar-refractivity contribution in [2.45, 2.75) is 19.3 Å². The molecule has 0 saturated carbocycles. The van der Waals surface area contributed by atoms with E-state index in [1.165, 1.54) is 7.11 Å². The lowest BCUT2D eigenvalue weighted by atomic mass is 9.77. The third-order valence-electron chi connectivity index (χ3n) is 3.67. The summed E-state index contributed by atoms with van der Waals surface area (Å²) in [6.45, 7) is 1.52. The highest BCUT2D eigenvalue weighted by atomic mass is 79.9. The van der Waals surface area contributed by atoms with Crippen molar-refractivity contribution >= 4 is 15.9 Å². The molecular formula is C14H18BrFO2. The van der Waals surface area contributed by atoms with Crippen molar-refractivity contribution < 1.29 is 13.9 Å². The fourth-order valence-corrected chi connectivity index (χ4v) is 3.18. The molecule has 1 aliphatic rings. The number of hydrogen-bond acceptors (Lipinski definition) is 2. The Bertz CT molecular complexity index is 403. The molecule has 1 aromatic rings. The van der Waals surface area contributed by atoms with E-state index in [1.54, 1.807) is 6.07 Å². The number of alkyl halides is 1. The van der Waals surface area contributed by atoms with E-state index in [1.807, 2.05) is 12.1 Å². The predicted molar refractivity (Wildman–Crippen MR) is 72.9 cm³/mol. The van der Waals surface area contributed by atoms with Crippen molar-refractivity contribution in [3.05, 3.63) is 29.6 Å². The van der Waals surface area contributed by atoms with E-state index in [0.29, 0.717) is 5.75 Å². The van der Waals surface area contributed by atoms with Crippen LogP contribution in [0.15, 0.2) is 18.2 Å². The number of rotatable bonds is 4. The lowest BCUT2D eigenvalue weighted by Gasteiger charge is -2.36. The van der Waals surface area contributed by atoms with Gasteiger partial charge < -0.3 is 9.47 Å². The summed E-state index contributed by atoms with van der Waals surface area (Å²) in [6, 6.07) is 5.35. The van der Waals surface area contributed by atoms with E-state index in [2.05, 4.69) is 15.9 Å². The Morgan fingerprint density at radius 3 is 2.72 bits per heavy atom. The minimum absolute atomic E-state index is 0.103. The molecule has 2 nitrogen and oxygen atoms in total. The van der Waals surface area contributed by atoms with Gasteiger partial charge in [-0.3, -0.25) is 0 Å². The topological polar surface area (TPSA) is 18.5 Å². The highest BCUT2D eigenvalue weighted by Crippen LogP contribution is 2.37. The van der Waals surface area contributed by atoms with Gasteiger partial charge in [0.1, 0.15) is 0 Å². The minimum Gasteiger partial charge on any atom is -0.494 e. The molecule has 2 rings (SSSR count). The molecule has 1 aliphatic heterocycles. The molecule has 4 heteroatoms. The SMILES string of the molecule is COc1cccc(CC2(CBr)CCOCC2)c1F. The monoisotopic (exact) mass is 316 g/mol. The molecule has 1 aromatic carbocycles. The molecular weight excluding hydrogens is 299 g/mol. The maximum atomic E-state index is 14.2. The van der Waals surface area contributed by atoms with Crippen LogP contribution in [0.2, 0.25) is 0 Å². The summed E-state index contributed by atoms with van der Waals surface area (Å²) in [6.07, 6.45) is 2.66. The van der Waals surface area contributed by atoms with E-state index < -0.39 is 0 Å². The van der Waals surface area contributed by atoms with Gasteiger partial charge in [-0.05, 0) is 36.3 Å². The van der Waals surface area contributed by atoms with Gasteiger partial charge in [-0.25, -0.2) is 4.39 Å². The molecule has 0 radical (unpaired) electrons. The summed E-state index contributed by atoms with van der Waals surface area (Å²) in [5, 5.41) is 0.875. The first-order valence-corrected chi connectivity index (χ1v) is 7.28. The fourth-order valence-electron chi connectivity index (χ4n) is 2.42. The van der Waals surface area contributed by atoms with Gasteiger partial charge in [0.05, 0.1) is 7.11 Å². The smallest absolute Gasteiger partial charge is 0.168 e. The molecule has 0 atom stereocenters. The van der Waals surface area contributed by atoms with Crippen LogP contribution in [0.1, 0.15) is 18.4 Å². The molecule has 0 bridgehead atoms. The molecule has 0 aliphatic carbocycles. The predicted octanol–water partition coefficient (Wildman–Crippen LogP) is 3.57. The van der Waals surface area contributed by atoms with Gasteiger partial charge in [0.2, 0.25) is 0 Å². The number of hydrogen-bond donors (Lipinski definition) is 0. The fraction of sp³-hybridized carbons (Fsp3) is 0.571. The normalized spacial score (nSPS) is 18.6. The van der Waals surface area contributed by atoms with Crippen molar-refractivity contribution in [3.8, 4) is 5.75 Å². The maximum Gasteiger partial charge on any atom is 0.168 e. The van der Waals surface area contributed by atoms with Crippen molar-refractivity contribution in [3.63, 3.8) is 0 Å². The molecule has 0 unspecified atom stereocenters. The van der Waals surface area contributed by atoms with Gasteiger partial charge in [-0.15, -0.1) is 0 Å². The molecule has 0 N–H and O–H groups in total. The third kappa shape index (κ3) is 2.86. The van der Waals surface area contributed by atoms with Gasteiger partial charge in [-0.2, -0.15) is 0 Å². The van der Waals surface area contributed by atoms with Crippen molar-refractivity contribution in [1.29, 1.82) is 0 Å². The standard InChI is InChI=1S/C14H18BrFO2/c1-17-12-4-2-3-11(13(12)16)9-14(10-15)5-7-18-8-6-14/h2-4H,5-10H2,1H3. The van der Waals surface area contributed by atoms with Crippen LogP contribution in [0.25, 0.3) is 0 Å². The first-order valence-electron chi connectivity index (χ1n) is 6.16. The second-order valence-corrected chi connectivity index (χ2v) is 5.42. The summed E-state index contributed by atoms with van der Waals surface area (Å²) in [5.41, 5.74) is 0.835. The molecule has 18 heavy (non-hydrogen) atoms. The Morgan fingerprint density at radius 2 is 2.11 bits per heavy atom. The average molecular weight is 317 g/mol. The summed E-state index contributed by atoms with van der Waals surface area (Å²) in [7, 11) is 1.50.